The van der Waals surface area contributed by atoms with Gasteiger partial charge in [0, 0.05) is 11.6 Å². The SMILES string of the molecule is CCCCCCC/C(=N/O)c1ccc(OC)cc1O. The number of oxime groups is 1. The first-order valence-corrected chi connectivity index (χ1v) is 6.81. The number of unbranched alkanes of at least 4 members (excludes halogenated alkanes) is 4. The van der Waals surface area contributed by atoms with E-state index < -0.39 is 0 Å². The molecule has 0 saturated carbocycles. The first-order chi connectivity index (χ1) is 9.22. The van der Waals surface area contributed by atoms with E-state index >= 15 is 0 Å². The number of phenols is 1. The topological polar surface area (TPSA) is 62.1 Å². The number of nitrogens with zero attached hydrogens (tertiary/aromatic N) is 1. The summed E-state index contributed by atoms with van der Waals surface area (Å²) in [5.74, 6) is 0.669. The average molecular weight is 265 g/mol. The van der Waals surface area contributed by atoms with Crippen LogP contribution in [0.2, 0.25) is 0 Å². The lowest BCUT2D eigenvalue weighted by molar-refractivity contribution is 0.317. The second-order valence-electron chi connectivity index (χ2n) is 4.59. The van der Waals surface area contributed by atoms with Crippen LogP contribution >= 0.6 is 0 Å². The van der Waals surface area contributed by atoms with Crippen molar-refractivity contribution < 1.29 is 15.1 Å². The molecule has 0 spiro atoms. The van der Waals surface area contributed by atoms with Crippen LogP contribution in [0, 0.1) is 0 Å². The Hall–Kier alpha value is -1.71. The molecular weight excluding hydrogens is 242 g/mol. The quantitative estimate of drug-likeness (QED) is 0.324. The van der Waals surface area contributed by atoms with Crippen molar-refractivity contribution in [3.05, 3.63) is 23.8 Å². The zero-order valence-corrected chi connectivity index (χ0v) is 11.7. The first-order valence-electron chi connectivity index (χ1n) is 6.81. The highest BCUT2D eigenvalue weighted by molar-refractivity contribution is 6.02. The maximum Gasteiger partial charge on any atom is 0.128 e. The summed E-state index contributed by atoms with van der Waals surface area (Å²) >= 11 is 0. The zero-order valence-electron chi connectivity index (χ0n) is 11.7. The third-order valence-electron chi connectivity index (χ3n) is 3.15. The van der Waals surface area contributed by atoms with E-state index in [1.54, 1.807) is 19.2 Å². The van der Waals surface area contributed by atoms with Crippen LogP contribution in [0.3, 0.4) is 0 Å². The number of benzene rings is 1. The summed E-state index contributed by atoms with van der Waals surface area (Å²) in [6.07, 6.45) is 6.39. The molecule has 0 radical (unpaired) electrons. The van der Waals surface area contributed by atoms with E-state index in [0.717, 1.165) is 12.8 Å². The van der Waals surface area contributed by atoms with Gasteiger partial charge in [-0.05, 0) is 25.0 Å². The minimum Gasteiger partial charge on any atom is -0.507 e. The normalized spacial score (nSPS) is 11.6. The molecule has 0 bridgehead atoms. The number of ether oxygens (including phenoxy) is 1. The Morgan fingerprint density at radius 3 is 2.53 bits per heavy atom. The van der Waals surface area contributed by atoms with Crippen LogP contribution < -0.4 is 4.74 Å². The zero-order chi connectivity index (χ0) is 14.1. The van der Waals surface area contributed by atoms with Gasteiger partial charge in [-0.2, -0.15) is 0 Å². The van der Waals surface area contributed by atoms with Gasteiger partial charge in [0.05, 0.1) is 12.8 Å². The van der Waals surface area contributed by atoms with E-state index in [2.05, 4.69) is 12.1 Å². The smallest absolute Gasteiger partial charge is 0.128 e. The van der Waals surface area contributed by atoms with Gasteiger partial charge in [0.2, 0.25) is 0 Å². The lowest BCUT2D eigenvalue weighted by atomic mass is 10.0. The van der Waals surface area contributed by atoms with Gasteiger partial charge in [-0.1, -0.05) is 37.8 Å². The maximum atomic E-state index is 9.89. The van der Waals surface area contributed by atoms with E-state index in [9.17, 15) is 5.11 Å². The average Bonchev–Trinajstić information content (AvgIpc) is 2.43. The monoisotopic (exact) mass is 265 g/mol. The molecule has 106 valence electrons. The number of hydrogen-bond donors (Lipinski definition) is 2. The number of aromatic hydroxyl groups is 1. The van der Waals surface area contributed by atoms with Crippen molar-refractivity contribution in [3.8, 4) is 11.5 Å². The minimum atomic E-state index is 0.0840. The molecule has 19 heavy (non-hydrogen) atoms. The fourth-order valence-electron chi connectivity index (χ4n) is 2.02. The Kier molecular flexibility index (Phi) is 6.79. The highest BCUT2D eigenvalue weighted by Gasteiger charge is 2.10. The van der Waals surface area contributed by atoms with Crippen LogP contribution in [0.5, 0.6) is 11.5 Å². The molecule has 1 aromatic rings. The number of hydrogen-bond acceptors (Lipinski definition) is 4. The number of rotatable bonds is 8. The van der Waals surface area contributed by atoms with Crippen LogP contribution in [0.15, 0.2) is 23.4 Å². The van der Waals surface area contributed by atoms with Gasteiger partial charge in [-0.25, -0.2) is 0 Å². The Morgan fingerprint density at radius 2 is 1.95 bits per heavy atom. The molecule has 1 aromatic carbocycles. The molecule has 0 aliphatic heterocycles. The number of phenolic OH excluding ortho intramolecular Hbond substituents is 1. The van der Waals surface area contributed by atoms with Gasteiger partial charge < -0.3 is 15.1 Å². The Morgan fingerprint density at radius 1 is 1.21 bits per heavy atom. The molecule has 2 N–H and O–H groups in total. The maximum absolute atomic E-state index is 9.89. The second-order valence-corrected chi connectivity index (χ2v) is 4.59. The molecule has 4 heteroatoms. The summed E-state index contributed by atoms with van der Waals surface area (Å²) in [4.78, 5) is 0. The standard InChI is InChI=1S/C15H23NO3/c1-3-4-5-6-7-8-14(16-18)13-10-9-12(19-2)11-15(13)17/h9-11,17-18H,3-8H2,1-2H3/b16-14-. The first kappa shape index (κ1) is 15.3. The summed E-state index contributed by atoms with van der Waals surface area (Å²) in [5.41, 5.74) is 1.09. The summed E-state index contributed by atoms with van der Waals surface area (Å²) < 4.78 is 5.03. The van der Waals surface area contributed by atoms with Crippen LogP contribution in [-0.4, -0.2) is 23.1 Å². The molecular formula is C15H23NO3. The van der Waals surface area contributed by atoms with Gasteiger partial charge >= 0.3 is 0 Å². The molecule has 0 aliphatic rings. The highest BCUT2D eigenvalue weighted by Crippen LogP contribution is 2.25. The third kappa shape index (κ3) is 4.81. The summed E-state index contributed by atoms with van der Waals surface area (Å²) in [5, 5.41) is 22.3. The van der Waals surface area contributed by atoms with E-state index in [1.165, 1.54) is 25.3 Å². The van der Waals surface area contributed by atoms with Gasteiger partial charge in [0.25, 0.3) is 0 Å². The Labute approximate surface area is 114 Å². The molecule has 0 aromatic heterocycles. The molecule has 0 atom stereocenters. The Bertz CT molecular complexity index is 416. The van der Waals surface area contributed by atoms with Crippen molar-refractivity contribution in [1.82, 2.24) is 0 Å². The fourth-order valence-corrected chi connectivity index (χ4v) is 2.02. The predicted octanol–water partition coefficient (Wildman–Crippen LogP) is 3.94. The van der Waals surface area contributed by atoms with Crippen molar-refractivity contribution in [2.24, 2.45) is 5.16 Å². The summed E-state index contributed by atoms with van der Waals surface area (Å²) in [6.45, 7) is 2.18. The van der Waals surface area contributed by atoms with Gasteiger partial charge in [-0.15, -0.1) is 0 Å². The lowest BCUT2D eigenvalue weighted by Gasteiger charge is -2.08. The van der Waals surface area contributed by atoms with Gasteiger partial charge in [-0.3, -0.25) is 0 Å². The summed E-state index contributed by atoms with van der Waals surface area (Å²) in [7, 11) is 1.54. The highest BCUT2D eigenvalue weighted by atomic mass is 16.5. The minimum absolute atomic E-state index is 0.0840. The molecule has 0 fully saturated rings. The second kappa shape index (κ2) is 8.40. The lowest BCUT2D eigenvalue weighted by Crippen LogP contribution is -2.02. The van der Waals surface area contributed by atoms with E-state index in [0.29, 0.717) is 23.4 Å². The molecule has 0 heterocycles. The molecule has 0 unspecified atom stereocenters. The van der Waals surface area contributed by atoms with Gasteiger partial charge in [0.15, 0.2) is 0 Å². The fraction of sp³-hybridized carbons (Fsp3) is 0.533. The van der Waals surface area contributed by atoms with Gasteiger partial charge in [0.1, 0.15) is 11.5 Å². The predicted molar refractivity (Wildman–Crippen MR) is 76.4 cm³/mol. The van der Waals surface area contributed by atoms with E-state index in [1.807, 2.05) is 0 Å². The largest absolute Gasteiger partial charge is 0.507 e. The van der Waals surface area contributed by atoms with E-state index in [-0.39, 0.29) is 5.75 Å². The van der Waals surface area contributed by atoms with Crippen molar-refractivity contribution in [3.63, 3.8) is 0 Å². The van der Waals surface area contributed by atoms with Crippen molar-refractivity contribution in [1.29, 1.82) is 0 Å². The molecule has 0 amide bonds. The van der Waals surface area contributed by atoms with Crippen molar-refractivity contribution in [2.75, 3.05) is 7.11 Å². The van der Waals surface area contributed by atoms with Crippen molar-refractivity contribution in [2.45, 2.75) is 45.4 Å². The van der Waals surface area contributed by atoms with E-state index in [4.69, 9.17) is 9.94 Å². The van der Waals surface area contributed by atoms with Crippen LogP contribution in [0.1, 0.15) is 51.0 Å². The molecule has 0 saturated heterocycles. The summed E-state index contributed by atoms with van der Waals surface area (Å²) in [6, 6.07) is 4.99. The molecule has 4 nitrogen and oxygen atoms in total. The number of methoxy groups -OCH3 is 1. The van der Waals surface area contributed by atoms with Crippen molar-refractivity contribution >= 4 is 5.71 Å². The molecule has 1 rings (SSSR count). The third-order valence-corrected chi connectivity index (χ3v) is 3.15. The van der Waals surface area contributed by atoms with Crippen LogP contribution in [0.25, 0.3) is 0 Å². The Balaban J connectivity index is 2.60. The molecule has 0 aliphatic carbocycles. The van der Waals surface area contributed by atoms with Crippen LogP contribution in [0.4, 0.5) is 0 Å². The van der Waals surface area contributed by atoms with Crippen LogP contribution in [-0.2, 0) is 0 Å².